The molecule has 3 heterocycles. The number of rotatable bonds is 6. The van der Waals surface area contributed by atoms with E-state index in [9.17, 15) is 0 Å². The number of aromatic nitrogens is 5. The van der Waals surface area contributed by atoms with Crippen molar-refractivity contribution in [3.63, 3.8) is 0 Å². The maximum atomic E-state index is 6.30. The van der Waals surface area contributed by atoms with E-state index in [0.29, 0.717) is 10.0 Å². The van der Waals surface area contributed by atoms with E-state index < -0.39 is 0 Å². The number of benzene rings is 1. The van der Waals surface area contributed by atoms with Crippen molar-refractivity contribution in [3.05, 3.63) is 58.1 Å². The number of H-pyrrole nitrogens is 1. The fraction of sp³-hybridized carbons (Fsp3) is 0.318. The summed E-state index contributed by atoms with van der Waals surface area (Å²) in [5.74, 6) is 1.49. The van der Waals surface area contributed by atoms with Gasteiger partial charge in [-0.05, 0) is 50.3 Å². The van der Waals surface area contributed by atoms with Crippen LogP contribution >= 0.6 is 23.2 Å². The second-order valence-corrected chi connectivity index (χ2v) is 8.72. The number of ether oxygens (including phenoxy) is 1. The minimum atomic E-state index is -0.332. The highest BCUT2D eigenvalue weighted by Gasteiger charge is 2.23. The maximum absolute atomic E-state index is 6.30. The summed E-state index contributed by atoms with van der Waals surface area (Å²) in [6, 6.07) is 3.99. The largest absolute Gasteiger partial charge is 0.486 e. The van der Waals surface area contributed by atoms with Gasteiger partial charge in [-0.3, -0.25) is 14.8 Å². The van der Waals surface area contributed by atoms with Crippen LogP contribution in [-0.2, 0) is 6.54 Å². The minimum Gasteiger partial charge on any atom is -0.486 e. The molecule has 1 N–H and O–H groups in total. The number of aryl methyl sites for hydroxylation is 1. The van der Waals surface area contributed by atoms with Gasteiger partial charge in [0.1, 0.15) is 17.5 Å². The lowest BCUT2D eigenvalue weighted by atomic mass is 10.1. The Morgan fingerprint density at radius 1 is 1.20 bits per heavy atom. The molecule has 1 aliphatic carbocycles. The molecule has 5 rings (SSSR count). The first-order valence-corrected chi connectivity index (χ1v) is 10.7. The summed E-state index contributed by atoms with van der Waals surface area (Å²) in [6.45, 7) is 4.93. The summed E-state index contributed by atoms with van der Waals surface area (Å²) < 4.78 is 8.23. The Kier molecular flexibility index (Phi) is 4.91. The van der Waals surface area contributed by atoms with Crippen molar-refractivity contribution in [2.45, 2.75) is 39.3 Å². The highest BCUT2D eigenvalue weighted by atomic mass is 35.5. The fourth-order valence-corrected chi connectivity index (χ4v) is 4.44. The van der Waals surface area contributed by atoms with Gasteiger partial charge in [0.05, 0.1) is 21.8 Å². The molecule has 154 valence electrons. The van der Waals surface area contributed by atoms with Crippen LogP contribution in [0, 0.1) is 12.8 Å². The van der Waals surface area contributed by atoms with Crippen molar-refractivity contribution in [1.29, 1.82) is 0 Å². The first-order chi connectivity index (χ1) is 14.5. The molecule has 0 saturated heterocycles. The van der Waals surface area contributed by atoms with Crippen LogP contribution < -0.4 is 4.74 Å². The molecule has 8 heteroatoms. The van der Waals surface area contributed by atoms with Gasteiger partial charge in [-0.15, -0.1) is 0 Å². The van der Waals surface area contributed by atoms with E-state index in [1.54, 1.807) is 12.4 Å². The summed E-state index contributed by atoms with van der Waals surface area (Å²) in [4.78, 5) is 4.01. The Bertz CT molecular complexity index is 1210. The zero-order valence-corrected chi connectivity index (χ0v) is 18.2. The second-order valence-electron chi connectivity index (χ2n) is 7.91. The zero-order chi connectivity index (χ0) is 20.8. The number of aromatic amines is 1. The smallest absolute Gasteiger partial charge is 0.124 e. The topological polar surface area (TPSA) is 68.6 Å². The van der Waals surface area contributed by atoms with E-state index in [4.69, 9.17) is 27.9 Å². The molecule has 0 amide bonds. The molecule has 1 aromatic carbocycles. The third-order valence-electron chi connectivity index (χ3n) is 5.50. The molecule has 1 saturated carbocycles. The van der Waals surface area contributed by atoms with Crippen LogP contribution in [0.25, 0.3) is 22.2 Å². The summed E-state index contributed by atoms with van der Waals surface area (Å²) in [7, 11) is 0. The normalized spacial score (nSPS) is 14.9. The van der Waals surface area contributed by atoms with Crippen molar-refractivity contribution in [2.75, 3.05) is 0 Å². The van der Waals surface area contributed by atoms with Gasteiger partial charge in [-0.25, -0.2) is 0 Å². The summed E-state index contributed by atoms with van der Waals surface area (Å²) >= 11 is 12.6. The molecule has 1 fully saturated rings. The number of halogens is 2. The Labute approximate surface area is 184 Å². The molecule has 0 aliphatic heterocycles. The van der Waals surface area contributed by atoms with Crippen LogP contribution in [0.5, 0.6) is 5.75 Å². The Balaban J connectivity index is 1.48. The number of fused-ring (bicyclic) bond motifs is 1. The molecule has 0 bridgehead atoms. The molecular weight excluding hydrogens is 421 g/mol. The predicted molar refractivity (Wildman–Crippen MR) is 118 cm³/mol. The zero-order valence-electron chi connectivity index (χ0n) is 16.7. The van der Waals surface area contributed by atoms with Crippen molar-refractivity contribution >= 4 is 34.1 Å². The highest BCUT2D eigenvalue weighted by Crippen LogP contribution is 2.36. The third-order valence-corrected chi connectivity index (χ3v) is 6.10. The Morgan fingerprint density at radius 2 is 1.97 bits per heavy atom. The van der Waals surface area contributed by atoms with Crippen LogP contribution in [0.1, 0.15) is 37.0 Å². The Morgan fingerprint density at radius 3 is 2.70 bits per heavy atom. The van der Waals surface area contributed by atoms with E-state index >= 15 is 0 Å². The molecule has 30 heavy (non-hydrogen) atoms. The lowest BCUT2D eigenvalue weighted by molar-refractivity contribution is 0.227. The number of nitrogens with one attached hydrogen (secondary N) is 1. The van der Waals surface area contributed by atoms with Crippen LogP contribution in [0.15, 0.2) is 36.9 Å². The Hall–Kier alpha value is -2.57. The third kappa shape index (κ3) is 3.66. The number of hydrogen-bond acceptors (Lipinski definition) is 4. The van der Waals surface area contributed by atoms with Crippen LogP contribution in [0.4, 0.5) is 0 Å². The molecule has 0 spiro atoms. The average Bonchev–Trinajstić information content (AvgIpc) is 3.20. The van der Waals surface area contributed by atoms with Crippen molar-refractivity contribution < 1.29 is 4.74 Å². The lowest BCUT2D eigenvalue weighted by Crippen LogP contribution is -2.05. The molecule has 0 radical (unpaired) electrons. The first-order valence-electron chi connectivity index (χ1n) is 9.96. The first kappa shape index (κ1) is 19.4. The standard InChI is InChI=1S/C22H21Cl2N5O/c1-12-5-16(30-13(2)20-18(23)8-25-9-19(20)24)6-17-21(12)27-28-22(17)15-7-26-29(11-15)10-14-3-4-14/h5-9,11,13-14H,3-4,10H2,1-2H3,(H,27,28)/t13-/m1/s1. The molecule has 6 nitrogen and oxygen atoms in total. The lowest BCUT2D eigenvalue weighted by Gasteiger charge is -2.18. The fourth-order valence-electron chi connectivity index (χ4n) is 3.77. The molecule has 1 aliphatic rings. The number of pyridine rings is 1. The highest BCUT2D eigenvalue weighted by molar-refractivity contribution is 6.35. The molecule has 3 aromatic heterocycles. The predicted octanol–water partition coefficient (Wildman–Crippen LogP) is 5.99. The van der Waals surface area contributed by atoms with Crippen LogP contribution in [-0.4, -0.2) is 25.0 Å². The van der Waals surface area contributed by atoms with Crippen LogP contribution in [0.3, 0.4) is 0 Å². The second kappa shape index (κ2) is 7.60. The minimum absolute atomic E-state index is 0.332. The molecule has 1 atom stereocenters. The summed E-state index contributed by atoms with van der Waals surface area (Å²) in [6.07, 6.45) is 9.35. The summed E-state index contributed by atoms with van der Waals surface area (Å²) in [5, 5.41) is 14.2. The molecule has 4 aromatic rings. The van der Waals surface area contributed by atoms with Gasteiger partial charge in [0.25, 0.3) is 0 Å². The SMILES string of the molecule is Cc1cc(O[C@H](C)c2c(Cl)cncc2Cl)cc2c(-c3cnn(CC4CC4)c3)n[nH]c12. The van der Waals surface area contributed by atoms with E-state index in [1.807, 2.05) is 36.9 Å². The van der Waals surface area contributed by atoms with Gasteiger partial charge in [-0.2, -0.15) is 10.2 Å². The van der Waals surface area contributed by atoms with Crippen molar-refractivity contribution in [3.8, 4) is 17.0 Å². The van der Waals surface area contributed by atoms with E-state index in [-0.39, 0.29) is 6.10 Å². The number of hydrogen-bond donors (Lipinski definition) is 1. The van der Waals surface area contributed by atoms with Gasteiger partial charge in [0.2, 0.25) is 0 Å². The molecule has 0 unspecified atom stereocenters. The quantitative estimate of drug-likeness (QED) is 0.399. The van der Waals surface area contributed by atoms with Crippen molar-refractivity contribution in [1.82, 2.24) is 25.0 Å². The van der Waals surface area contributed by atoms with E-state index in [0.717, 1.165) is 51.5 Å². The van der Waals surface area contributed by atoms with E-state index in [1.165, 1.54) is 12.8 Å². The summed E-state index contributed by atoms with van der Waals surface area (Å²) in [5.41, 5.74) is 4.62. The van der Waals surface area contributed by atoms with Crippen molar-refractivity contribution in [2.24, 2.45) is 5.92 Å². The van der Waals surface area contributed by atoms with Gasteiger partial charge in [0, 0.05) is 41.6 Å². The van der Waals surface area contributed by atoms with Gasteiger partial charge >= 0.3 is 0 Å². The molecular formula is C22H21Cl2N5O. The monoisotopic (exact) mass is 441 g/mol. The van der Waals surface area contributed by atoms with Gasteiger partial charge in [-0.1, -0.05) is 23.2 Å². The maximum Gasteiger partial charge on any atom is 0.124 e. The van der Waals surface area contributed by atoms with Crippen LogP contribution in [0.2, 0.25) is 10.0 Å². The average molecular weight is 442 g/mol. The van der Waals surface area contributed by atoms with Gasteiger partial charge in [0.15, 0.2) is 0 Å². The number of nitrogens with zero attached hydrogens (tertiary/aromatic N) is 4. The van der Waals surface area contributed by atoms with E-state index in [2.05, 4.69) is 26.5 Å². The van der Waals surface area contributed by atoms with Gasteiger partial charge < -0.3 is 4.74 Å².